The Balaban J connectivity index is 1.60. The highest BCUT2D eigenvalue weighted by Crippen LogP contribution is 2.36. The molecule has 1 fully saturated rings. The first-order chi connectivity index (χ1) is 13.0. The van der Waals surface area contributed by atoms with E-state index in [-0.39, 0.29) is 16.8 Å². The summed E-state index contributed by atoms with van der Waals surface area (Å²) in [6, 6.07) is 13.7. The maximum Gasteiger partial charge on any atom is 0.264 e. The number of anilines is 1. The van der Waals surface area contributed by atoms with Gasteiger partial charge in [0, 0.05) is 37.2 Å². The van der Waals surface area contributed by atoms with Crippen LogP contribution in [0.5, 0.6) is 0 Å². The number of hydrogen-bond donors (Lipinski definition) is 2. The number of carbonyl (C=O) groups is 1. The fraction of sp³-hybridized carbons (Fsp3) is 0.350. The highest BCUT2D eigenvalue weighted by Gasteiger charge is 2.36. The molecule has 0 spiro atoms. The molecule has 2 heterocycles. The van der Waals surface area contributed by atoms with Crippen LogP contribution in [0, 0.1) is 5.92 Å². The van der Waals surface area contributed by atoms with Crippen LogP contribution in [0.4, 0.5) is 5.69 Å². The van der Waals surface area contributed by atoms with Gasteiger partial charge < -0.3 is 10.6 Å². The SMILES string of the molecule is CC1Cc2ccccc2N1S(=O)(=O)c1cccc(C(=O)NCC2CNC2)c1. The first-order valence-corrected chi connectivity index (χ1v) is 10.6. The van der Waals surface area contributed by atoms with Crippen LogP contribution in [0.2, 0.25) is 0 Å². The van der Waals surface area contributed by atoms with Crippen molar-refractivity contribution in [3.63, 3.8) is 0 Å². The standard InChI is InChI=1S/C20H23N3O3S/c1-14-9-16-5-2-3-8-19(16)23(14)27(25,26)18-7-4-6-17(10-18)20(24)22-13-15-11-21-12-15/h2-8,10,14-15,21H,9,11-13H2,1H3,(H,22,24). The summed E-state index contributed by atoms with van der Waals surface area (Å²) >= 11 is 0. The Morgan fingerprint density at radius 1 is 1.19 bits per heavy atom. The van der Waals surface area contributed by atoms with Crippen molar-refractivity contribution in [2.75, 3.05) is 23.9 Å². The number of rotatable bonds is 5. The lowest BCUT2D eigenvalue weighted by atomic mass is 10.0. The Morgan fingerprint density at radius 2 is 1.96 bits per heavy atom. The van der Waals surface area contributed by atoms with Crippen LogP contribution in [0.1, 0.15) is 22.8 Å². The smallest absolute Gasteiger partial charge is 0.264 e. The summed E-state index contributed by atoms with van der Waals surface area (Å²) in [5.74, 6) is 0.205. The molecule has 2 N–H and O–H groups in total. The fourth-order valence-electron chi connectivity index (χ4n) is 3.65. The van der Waals surface area contributed by atoms with E-state index in [2.05, 4.69) is 10.6 Å². The van der Waals surface area contributed by atoms with Crippen LogP contribution in [0.15, 0.2) is 53.4 Å². The molecule has 6 nitrogen and oxygen atoms in total. The molecule has 4 rings (SSSR count). The Labute approximate surface area is 159 Å². The van der Waals surface area contributed by atoms with Gasteiger partial charge in [0.05, 0.1) is 10.6 Å². The molecule has 1 unspecified atom stereocenters. The van der Waals surface area contributed by atoms with Crippen molar-refractivity contribution < 1.29 is 13.2 Å². The van der Waals surface area contributed by atoms with Gasteiger partial charge in [0.2, 0.25) is 0 Å². The second-order valence-corrected chi connectivity index (χ2v) is 9.06. The van der Waals surface area contributed by atoms with E-state index in [1.807, 2.05) is 31.2 Å². The minimum Gasteiger partial charge on any atom is -0.352 e. The lowest BCUT2D eigenvalue weighted by Crippen LogP contribution is -2.48. The van der Waals surface area contributed by atoms with Crippen molar-refractivity contribution in [3.05, 3.63) is 59.7 Å². The molecule has 1 atom stereocenters. The van der Waals surface area contributed by atoms with Gasteiger partial charge in [-0.05, 0) is 43.2 Å². The molecule has 27 heavy (non-hydrogen) atoms. The summed E-state index contributed by atoms with van der Waals surface area (Å²) in [6.45, 7) is 4.31. The van der Waals surface area contributed by atoms with Gasteiger partial charge in [0.15, 0.2) is 0 Å². The molecule has 2 aromatic rings. The molecular formula is C20H23N3O3S. The van der Waals surface area contributed by atoms with E-state index in [9.17, 15) is 13.2 Å². The first kappa shape index (κ1) is 18.0. The minimum absolute atomic E-state index is 0.143. The Kier molecular flexibility index (Phi) is 4.65. The predicted octanol–water partition coefficient (Wildman–Crippen LogP) is 1.78. The molecular weight excluding hydrogens is 362 g/mol. The number of hydrogen-bond acceptors (Lipinski definition) is 4. The van der Waals surface area contributed by atoms with Gasteiger partial charge in [-0.3, -0.25) is 9.10 Å². The lowest BCUT2D eigenvalue weighted by molar-refractivity contribution is 0.0942. The molecule has 1 saturated heterocycles. The largest absolute Gasteiger partial charge is 0.352 e. The van der Waals surface area contributed by atoms with Gasteiger partial charge in [-0.2, -0.15) is 0 Å². The maximum absolute atomic E-state index is 13.3. The number of amides is 1. The molecule has 0 saturated carbocycles. The molecule has 0 bridgehead atoms. The van der Waals surface area contributed by atoms with Crippen molar-refractivity contribution in [2.45, 2.75) is 24.3 Å². The molecule has 0 aromatic heterocycles. The fourth-order valence-corrected chi connectivity index (χ4v) is 5.39. The zero-order valence-corrected chi connectivity index (χ0v) is 16.0. The van der Waals surface area contributed by atoms with Gasteiger partial charge in [-0.1, -0.05) is 24.3 Å². The van der Waals surface area contributed by atoms with Crippen molar-refractivity contribution in [1.29, 1.82) is 0 Å². The third kappa shape index (κ3) is 3.33. The van der Waals surface area contributed by atoms with E-state index >= 15 is 0 Å². The van der Waals surface area contributed by atoms with Gasteiger partial charge >= 0.3 is 0 Å². The van der Waals surface area contributed by atoms with E-state index in [4.69, 9.17) is 0 Å². The summed E-state index contributed by atoms with van der Waals surface area (Å²) in [5, 5.41) is 6.05. The van der Waals surface area contributed by atoms with Crippen molar-refractivity contribution in [3.8, 4) is 0 Å². The van der Waals surface area contributed by atoms with E-state index in [0.717, 1.165) is 24.3 Å². The summed E-state index contributed by atoms with van der Waals surface area (Å²) in [6.07, 6.45) is 0.686. The molecule has 0 radical (unpaired) electrons. The van der Waals surface area contributed by atoms with Crippen LogP contribution in [-0.4, -0.2) is 40.0 Å². The number of nitrogens with one attached hydrogen (secondary N) is 2. The van der Waals surface area contributed by atoms with Crippen LogP contribution in [0.25, 0.3) is 0 Å². The number of fused-ring (bicyclic) bond motifs is 1. The molecule has 2 aromatic carbocycles. The molecule has 1 amide bonds. The Hall–Kier alpha value is -2.38. The number of sulfonamides is 1. The average Bonchev–Trinajstić information content (AvgIpc) is 2.96. The molecule has 0 aliphatic carbocycles. The van der Waals surface area contributed by atoms with Gasteiger partial charge in [0.25, 0.3) is 15.9 Å². The predicted molar refractivity (Wildman–Crippen MR) is 104 cm³/mol. The number of carbonyl (C=O) groups excluding carboxylic acids is 1. The first-order valence-electron chi connectivity index (χ1n) is 9.18. The van der Waals surface area contributed by atoms with E-state index < -0.39 is 10.0 Å². The minimum atomic E-state index is -3.74. The van der Waals surface area contributed by atoms with Crippen LogP contribution in [-0.2, 0) is 16.4 Å². The second-order valence-electron chi connectivity index (χ2n) is 7.24. The Bertz CT molecular complexity index is 970. The normalized spacial score (nSPS) is 19.4. The summed E-state index contributed by atoms with van der Waals surface area (Å²) < 4.78 is 28.1. The van der Waals surface area contributed by atoms with Crippen molar-refractivity contribution in [1.82, 2.24) is 10.6 Å². The molecule has 7 heteroatoms. The summed E-state index contributed by atoms with van der Waals surface area (Å²) in [5.41, 5.74) is 2.11. The van der Waals surface area contributed by atoms with Gasteiger partial charge in [-0.15, -0.1) is 0 Å². The average molecular weight is 385 g/mol. The van der Waals surface area contributed by atoms with Crippen LogP contribution < -0.4 is 14.9 Å². The van der Waals surface area contributed by atoms with E-state index in [0.29, 0.717) is 24.4 Å². The van der Waals surface area contributed by atoms with E-state index in [1.54, 1.807) is 18.2 Å². The van der Waals surface area contributed by atoms with Crippen molar-refractivity contribution in [2.24, 2.45) is 5.92 Å². The number of nitrogens with zero attached hydrogens (tertiary/aromatic N) is 1. The van der Waals surface area contributed by atoms with Gasteiger partial charge in [-0.25, -0.2) is 8.42 Å². The van der Waals surface area contributed by atoms with Gasteiger partial charge in [0.1, 0.15) is 0 Å². The topological polar surface area (TPSA) is 78.5 Å². The highest BCUT2D eigenvalue weighted by atomic mass is 32.2. The lowest BCUT2D eigenvalue weighted by Gasteiger charge is -2.27. The summed E-state index contributed by atoms with van der Waals surface area (Å²) in [4.78, 5) is 12.6. The van der Waals surface area contributed by atoms with E-state index in [1.165, 1.54) is 10.4 Å². The maximum atomic E-state index is 13.3. The highest BCUT2D eigenvalue weighted by molar-refractivity contribution is 7.92. The third-order valence-electron chi connectivity index (χ3n) is 5.22. The number of benzene rings is 2. The summed E-state index contributed by atoms with van der Waals surface area (Å²) in [7, 11) is -3.74. The second kappa shape index (κ2) is 6.98. The monoisotopic (exact) mass is 385 g/mol. The zero-order valence-electron chi connectivity index (χ0n) is 15.2. The molecule has 142 valence electrons. The number of para-hydroxylation sites is 1. The van der Waals surface area contributed by atoms with Crippen molar-refractivity contribution >= 4 is 21.6 Å². The van der Waals surface area contributed by atoms with Crippen LogP contribution >= 0.6 is 0 Å². The van der Waals surface area contributed by atoms with Crippen LogP contribution in [0.3, 0.4) is 0 Å². The zero-order chi connectivity index (χ0) is 19.0. The third-order valence-corrected chi connectivity index (χ3v) is 7.14. The molecule has 2 aliphatic rings. The molecule has 2 aliphatic heterocycles. The Morgan fingerprint density at radius 3 is 2.70 bits per heavy atom. The quantitative estimate of drug-likeness (QED) is 0.822.